The van der Waals surface area contributed by atoms with Crippen molar-refractivity contribution < 1.29 is 0 Å². The van der Waals surface area contributed by atoms with E-state index in [0.29, 0.717) is 12.0 Å². The first-order chi connectivity index (χ1) is 8.22. The van der Waals surface area contributed by atoms with Crippen molar-refractivity contribution in [3.8, 4) is 0 Å². The van der Waals surface area contributed by atoms with Crippen LogP contribution in [-0.2, 0) is 0 Å². The molecule has 0 aromatic heterocycles. The maximum atomic E-state index is 3.46. The molecule has 1 N–H and O–H groups in total. The fourth-order valence-electron chi connectivity index (χ4n) is 2.66. The lowest BCUT2D eigenvalue weighted by Gasteiger charge is -2.28. The molecule has 0 bridgehead atoms. The molecule has 0 heterocycles. The second-order valence-electron chi connectivity index (χ2n) is 5.33. The van der Waals surface area contributed by atoms with Crippen LogP contribution in [0.4, 0.5) is 0 Å². The van der Waals surface area contributed by atoms with Crippen LogP contribution in [0.25, 0.3) is 0 Å². The predicted molar refractivity (Wildman–Crippen MR) is 73.1 cm³/mol. The van der Waals surface area contributed by atoms with Crippen LogP contribution in [0.2, 0.25) is 0 Å². The summed E-state index contributed by atoms with van der Waals surface area (Å²) in [5, 5.41) is 3.46. The van der Waals surface area contributed by atoms with E-state index >= 15 is 0 Å². The standard InChI is InChI=1S/C15H24N2/c1-12(11-17(3)14-9-10-14)15(16-2)13-7-5-4-6-8-13/h4-8,12,14-16H,9-11H2,1-3H3. The zero-order valence-electron chi connectivity index (χ0n) is 11.2. The van der Waals surface area contributed by atoms with Gasteiger partial charge in [-0.3, -0.25) is 0 Å². The Hall–Kier alpha value is -0.860. The zero-order chi connectivity index (χ0) is 12.3. The average molecular weight is 232 g/mol. The summed E-state index contributed by atoms with van der Waals surface area (Å²) < 4.78 is 0. The summed E-state index contributed by atoms with van der Waals surface area (Å²) in [6.07, 6.45) is 2.78. The Kier molecular flexibility index (Phi) is 4.19. The van der Waals surface area contributed by atoms with Crippen LogP contribution in [0.5, 0.6) is 0 Å². The van der Waals surface area contributed by atoms with Crippen LogP contribution in [0, 0.1) is 5.92 Å². The van der Waals surface area contributed by atoms with Crippen LogP contribution in [0.15, 0.2) is 30.3 Å². The number of nitrogens with zero attached hydrogens (tertiary/aromatic N) is 1. The Morgan fingerprint density at radius 2 is 1.94 bits per heavy atom. The van der Waals surface area contributed by atoms with E-state index in [1.165, 1.54) is 24.9 Å². The molecule has 1 saturated carbocycles. The summed E-state index contributed by atoms with van der Waals surface area (Å²) in [5.74, 6) is 0.632. The summed E-state index contributed by atoms with van der Waals surface area (Å²) in [4.78, 5) is 2.51. The quantitative estimate of drug-likeness (QED) is 0.811. The van der Waals surface area contributed by atoms with Crippen LogP contribution in [0.1, 0.15) is 31.4 Å². The first kappa shape index (κ1) is 12.6. The lowest BCUT2D eigenvalue weighted by atomic mass is 9.94. The Bertz CT molecular complexity index is 332. The van der Waals surface area contributed by atoms with Gasteiger partial charge < -0.3 is 10.2 Å². The highest BCUT2D eigenvalue weighted by atomic mass is 15.2. The summed E-state index contributed by atoms with van der Waals surface area (Å²) in [6, 6.07) is 12.1. The maximum Gasteiger partial charge on any atom is 0.0355 e. The lowest BCUT2D eigenvalue weighted by Crippen LogP contribution is -2.33. The highest BCUT2D eigenvalue weighted by molar-refractivity contribution is 5.19. The van der Waals surface area contributed by atoms with E-state index < -0.39 is 0 Å². The van der Waals surface area contributed by atoms with E-state index in [9.17, 15) is 0 Å². The molecule has 0 radical (unpaired) electrons. The van der Waals surface area contributed by atoms with Gasteiger partial charge in [0.25, 0.3) is 0 Å². The molecular weight excluding hydrogens is 208 g/mol. The van der Waals surface area contributed by atoms with Crippen molar-refractivity contribution in [1.82, 2.24) is 10.2 Å². The van der Waals surface area contributed by atoms with E-state index in [-0.39, 0.29) is 0 Å². The van der Waals surface area contributed by atoms with Gasteiger partial charge in [0.2, 0.25) is 0 Å². The molecule has 0 aliphatic heterocycles. The van der Waals surface area contributed by atoms with Crippen LogP contribution in [0.3, 0.4) is 0 Å². The summed E-state index contributed by atoms with van der Waals surface area (Å²) >= 11 is 0. The van der Waals surface area contributed by atoms with Gasteiger partial charge in [0.15, 0.2) is 0 Å². The molecule has 2 unspecified atom stereocenters. The molecule has 1 aromatic carbocycles. The number of nitrogens with one attached hydrogen (secondary N) is 1. The van der Waals surface area contributed by atoms with Gasteiger partial charge in [-0.2, -0.15) is 0 Å². The Morgan fingerprint density at radius 3 is 2.47 bits per heavy atom. The van der Waals surface area contributed by atoms with E-state index in [1.807, 2.05) is 0 Å². The van der Waals surface area contributed by atoms with E-state index in [4.69, 9.17) is 0 Å². The van der Waals surface area contributed by atoms with E-state index in [2.05, 4.69) is 61.6 Å². The smallest absolute Gasteiger partial charge is 0.0355 e. The van der Waals surface area contributed by atoms with Gasteiger partial charge in [0, 0.05) is 18.6 Å². The van der Waals surface area contributed by atoms with Gasteiger partial charge in [-0.05, 0) is 38.4 Å². The number of benzene rings is 1. The van der Waals surface area contributed by atoms with Crippen LogP contribution < -0.4 is 5.32 Å². The SMILES string of the molecule is CNC(c1ccccc1)C(C)CN(C)C1CC1. The van der Waals surface area contributed by atoms with Crippen molar-refractivity contribution in [2.75, 3.05) is 20.6 Å². The molecule has 2 heteroatoms. The predicted octanol–water partition coefficient (Wildman–Crippen LogP) is 2.68. The molecule has 2 rings (SSSR count). The van der Waals surface area contributed by atoms with Crippen molar-refractivity contribution in [3.63, 3.8) is 0 Å². The number of hydrogen-bond donors (Lipinski definition) is 1. The summed E-state index contributed by atoms with van der Waals surface area (Å²) in [6.45, 7) is 3.51. The Labute approximate surface area is 105 Å². The van der Waals surface area contributed by atoms with E-state index in [1.54, 1.807) is 0 Å². The highest BCUT2D eigenvalue weighted by Gasteiger charge is 2.28. The van der Waals surface area contributed by atoms with Crippen LogP contribution in [-0.4, -0.2) is 31.6 Å². The van der Waals surface area contributed by atoms with Gasteiger partial charge in [-0.15, -0.1) is 0 Å². The number of rotatable bonds is 6. The molecule has 0 spiro atoms. The molecule has 2 atom stereocenters. The normalized spacial score (nSPS) is 19.3. The molecule has 0 amide bonds. The van der Waals surface area contributed by atoms with Gasteiger partial charge >= 0.3 is 0 Å². The minimum Gasteiger partial charge on any atom is -0.313 e. The van der Waals surface area contributed by atoms with Gasteiger partial charge in [0.1, 0.15) is 0 Å². The van der Waals surface area contributed by atoms with E-state index in [0.717, 1.165) is 6.04 Å². The number of hydrogen-bond acceptors (Lipinski definition) is 2. The average Bonchev–Trinajstić information content (AvgIpc) is 3.15. The van der Waals surface area contributed by atoms with Gasteiger partial charge in [0.05, 0.1) is 0 Å². The third-order valence-corrected chi connectivity index (χ3v) is 3.78. The molecular formula is C15H24N2. The van der Waals surface area contributed by atoms with Gasteiger partial charge in [-0.1, -0.05) is 37.3 Å². The molecule has 1 fully saturated rings. The fraction of sp³-hybridized carbons (Fsp3) is 0.600. The van der Waals surface area contributed by atoms with Crippen molar-refractivity contribution in [2.24, 2.45) is 5.92 Å². The molecule has 1 aliphatic rings. The minimum atomic E-state index is 0.456. The molecule has 2 nitrogen and oxygen atoms in total. The van der Waals surface area contributed by atoms with Crippen molar-refractivity contribution in [1.29, 1.82) is 0 Å². The van der Waals surface area contributed by atoms with Crippen LogP contribution >= 0.6 is 0 Å². The Balaban J connectivity index is 1.97. The fourth-order valence-corrected chi connectivity index (χ4v) is 2.66. The first-order valence-corrected chi connectivity index (χ1v) is 6.65. The second kappa shape index (κ2) is 5.65. The summed E-state index contributed by atoms with van der Waals surface area (Å²) in [7, 11) is 4.32. The molecule has 17 heavy (non-hydrogen) atoms. The lowest BCUT2D eigenvalue weighted by molar-refractivity contribution is 0.244. The van der Waals surface area contributed by atoms with Gasteiger partial charge in [-0.25, -0.2) is 0 Å². The largest absolute Gasteiger partial charge is 0.313 e. The second-order valence-corrected chi connectivity index (χ2v) is 5.33. The zero-order valence-corrected chi connectivity index (χ0v) is 11.2. The highest BCUT2D eigenvalue weighted by Crippen LogP contribution is 2.28. The topological polar surface area (TPSA) is 15.3 Å². The third-order valence-electron chi connectivity index (χ3n) is 3.78. The molecule has 1 aliphatic carbocycles. The van der Waals surface area contributed by atoms with Crippen molar-refractivity contribution in [3.05, 3.63) is 35.9 Å². The molecule has 0 saturated heterocycles. The monoisotopic (exact) mass is 232 g/mol. The van der Waals surface area contributed by atoms with Crippen molar-refractivity contribution >= 4 is 0 Å². The first-order valence-electron chi connectivity index (χ1n) is 6.65. The Morgan fingerprint density at radius 1 is 1.29 bits per heavy atom. The maximum absolute atomic E-state index is 3.46. The molecule has 1 aromatic rings. The third kappa shape index (κ3) is 3.30. The van der Waals surface area contributed by atoms with Crippen molar-refractivity contribution in [2.45, 2.75) is 31.8 Å². The minimum absolute atomic E-state index is 0.456. The summed E-state index contributed by atoms with van der Waals surface area (Å²) in [5.41, 5.74) is 1.40. The molecule has 94 valence electrons.